The topological polar surface area (TPSA) is 46.2 Å². The summed E-state index contributed by atoms with van der Waals surface area (Å²) >= 11 is 3.16. The largest absolute Gasteiger partial charge is 0.345 e. The first kappa shape index (κ1) is 14.8. The maximum atomic E-state index is 13.4. The summed E-state index contributed by atoms with van der Waals surface area (Å²) in [6.07, 6.45) is 0. The summed E-state index contributed by atoms with van der Waals surface area (Å²) in [5.74, 6) is -1.31. The molecule has 0 aliphatic heterocycles. The monoisotopic (exact) mass is 315 g/mol. The standard InChI is InChI=1S/C13H15BrFNO2/c1-13(2,3)11(17)7-16-12(18)9-6-8(14)4-5-10(9)15/h4-6H,7H2,1-3H3,(H,16,18). The molecule has 0 unspecified atom stereocenters. The molecule has 0 saturated heterocycles. The molecule has 1 N–H and O–H groups in total. The van der Waals surface area contributed by atoms with E-state index in [1.54, 1.807) is 20.8 Å². The fraction of sp³-hybridized carbons (Fsp3) is 0.385. The second kappa shape index (κ2) is 5.61. The first-order valence-electron chi connectivity index (χ1n) is 5.48. The van der Waals surface area contributed by atoms with Crippen molar-refractivity contribution in [3.05, 3.63) is 34.1 Å². The summed E-state index contributed by atoms with van der Waals surface area (Å²) in [4.78, 5) is 23.4. The van der Waals surface area contributed by atoms with Crippen LogP contribution in [0.5, 0.6) is 0 Å². The maximum Gasteiger partial charge on any atom is 0.254 e. The van der Waals surface area contributed by atoms with E-state index in [2.05, 4.69) is 21.2 Å². The predicted octanol–water partition coefficient (Wildman–Crippen LogP) is 2.93. The van der Waals surface area contributed by atoms with Gasteiger partial charge in [0.2, 0.25) is 0 Å². The van der Waals surface area contributed by atoms with Gasteiger partial charge in [-0.2, -0.15) is 0 Å². The number of ketones is 1. The Morgan fingerprint density at radius 3 is 2.50 bits per heavy atom. The van der Waals surface area contributed by atoms with Gasteiger partial charge in [-0.1, -0.05) is 36.7 Å². The quantitative estimate of drug-likeness (QED) is 0.932. The number of carbonyl (C=O) groups is 2. The Hall–Kier alpha value is -1.23. The van der Waals surface area contributed by atoms with Gasteiger partial charge < -0.3 is 5.32 Å². The van der Waals surface area contributed by atoms with E-state index >= 15 is 0 Å². The van der Waals surface area contributed by atoms with Gasteiger partial charge in [0.25, 0.3) is 5.91 Å². The molecule has 0 fully saturated rings. The second-order valence-electron chi connectivity index (χ2n) is 4.98. The van der Waals surface area contributed by atoms with E-state index in [1.165, 1.54) is 18.2 Å². The lowest BCUT2D eigenvalue weighted by Gasteiger charge is -2.16. The molecule has 98 valence electrons. The van der Waals surface area contributed by atoms with Gasteiger partial charge in [0, 0.05) is 9.89 Å². The highest BCUT2D eigenvalue weighted by atomic mass is 79.9. The van der Waals surface area contributed by atoms with Crippen molar-refractivity contribution in [3.63, 3.8) is 0 Å². The first-order valence-corrected chi connectivity index (χ1v) is 6.27. The minimum absolute atomic E-state index is 0.0777. The molecule has 1 aromatic rings. The third-order valence-electron chi connectivity index (χ3n) is 2.42. The zero-order valence-corrected chi connectivity index (χ0v) is 12.1. The third kappa shape index (κ3) is 3.91. The van der Waals surface area contributed by atoms with E-state index in [0.717, 1.165) is 0 Å². The molecule has 5 heteroatoms. The number of nitrogens with one attached hydrogen (secondary N) is 1. The average Bonchev–Trinajstić information content (AvgIpc) is 2.27. The lowest BCUT2D eigenvalue weighted by atomic mass is 9.91. The normalized spacial score (nSPS) is 11.2. The molecule has 0 aromatic heterocycles. The number of Topliss-reactive ketones (excluding diaryl/α,β-unsaturated/α-hetero) is 1. The number of hydrogen-bond donors (Lipinski definition) is 1. The van der Waals surface area contributed by atoms with Crippen molar-refractivity contribution in [1.29, 1.82) is 0 Å². The molecule has 0 saturated carbocycles. The number of halogens is 2. The van der Waals surface area contributed by atoms with Gasteiger partial charge >= 0.3 is 0 Å². The first-order chi connectivity index (χ1) is 8.21. The van der Waals surface area contributed by atoms with Gasteiger partial charge in [-0.25, -0.2) is 4.39 Å². The van der Waals surface area contributed by atoms with E-state index in [4.69, 9.17) is 0 Å². The third-order valence-corrected chi connectivity index (χ3v) is 2.91. The highest BCUT2D eigenvalue weighted by Crippen LogP contribution is 2.16. The Labute approximate surface area is 114 Å². The van der Waals surface area contributed by atoms with Crippen LogP contribution < -0.4 is 5.32 Å². The smallest absolute Gasteiger partial charge is 0.254 e. The second-order valence-corrected chi connectivity index (χ2v) is 5.90. The lowest BCUT2D eigenvalue weighted by molar-refractivity contribution is -0.125. The number of hydrogen-bond acceptors (Lipinski definition) is 2. The number of benzene rings is 1. The van der Waals surface area contributed by atoms with Crippen molar-refractivity contribution >= 4 is 27.6 Å². The van der Waals surface area contributed by atoms with E-state index in [-0.39, 0.29) is 17.9 Å². The van der Waals surface area contributed by atoms with Crippen LogP contribution >= 0.6 is 15.9 Å². The van der Waals surface area contributed by atoms with Gasteiger partial charge in [0.15, 0.2) is 5.78 Å². The highest BCUT2D eigenvalue weighted by Gasteiger charge is 2.22. The molecular formula is C13H15BrFNO2. The SMILES string of the molecule is CC(C)(C)C(=O)CNC(=O)c1cc(Br)ccc1F. The number of amides is 1. The Bertz CT molecular complexity index is 480. The summed E-state index contributed by atoms with van der Waals surface area (Å²) in [5, 5.41) is 2.42. The summed E-state index contributed by atoms with van der Waals surface area (Å²) in [6.45, 7) is 5.19. The molecule has 18 heavy (non-hydrogen) atoms. The van der Waals surface area contributed by atoms with E-state index in [9.17, 15) is 14.0 Å². The molecule has 0 spiro atoms. The van der Waals surface area contributed by atoms with Crippen LogP contribution in [0.4, 0.5) is 4.39 Å². The van der Waals surface area contributed by atoms with Crippen LogP contribution in [0.25, 0.3) is 0 Å². The van der Waals surface area contributed by atoms with E-state index in [1.807, 2.05) is 0 Å². The highest BCUT2D eigenvalue weighted by molar-refractivity contribution is 9.10. The zero-order chi connectivity index (χ0) is 13.9. The molecule has 3 nitrogen and oxygen atoms in total. The minimum atomic E-state index is -0.612. The van der Waals surface area contributed by atoms with Crippen molar-refractivity contribution in [1.82, 2.24) is 5.32 Å². The van der Waals surface area contributed by atoms with Crippen LogP contribution in [0.2, 0.25) is 0 Å². The molecule has 0 radical (unpaired) electrons. The lowest BCUT2D eigenvalue weighted by Crippen LogP contribution is -2.35. The van der Waals surface area contributed by atoms with Gasteiger partial charge in [0.1, 0.15) is 5.82 Å². The number of rotatable bonds is 3. The van der Waals surface area contributed by atoms with Crippen LogP contribution in [-0.4, -0.2) is 18.2 Å². The molecule has 0 heterocycles. The van der Waals surface area contributed by atoms with Gasteiger partial charge in [-0.05, 0) is 18.2 Å². The summed E-state index contributed by atoms with van der Waals surface area (Å²) in [6, 6.07) is 4.09. The Morgan fingerprint density at radius 2 is 1.94 bits per heavy atom. The van der Waals surface area contributed by atoms with Gasteiger partial charge in [-0.15, -0.1) is 0 Å². The van der Waals surface area contributed by atoms with Crippen molar-refractivity contribution < 1.29 is 14.0 Å². The van der Waals surface area contributed by atoms with E-state index in [0.29, 0.717) is 4.47 Å². The average molecular weight is 316 g/mol. The summed E-state index contributed by atoms with van der Waals surface area (Å²) < 4.78 is 14.0. The predicted molar refractivity (Wildman–Crippen MR) is 70.9 cm³/mol. The van der Waals surface area contributed by atoms with Crippen LogP contribution in [0, 0.1) is 11.2 Å². The summed E-state index contributed by atoms with van der Waals surface area (Å²) in [7, 11) is 0. The van der Waals surface area contributed by atoms with Crippen LogP contribution in [-0.2, 0) is 4.79 Å². The van der Waals surface area contributed by atoms with Crippen LogP contribution in [0.1, 0.15) is 31.1 Å². The Kier molecular flexibility index (Phi) is 4.62. The zero-order valence-electron chi connectivity index (χ0n) is 10.5. The Morgan fingerprint density at radius 1 is 1.33 bits per heavy atom. The minimum Gasteiger partial charge on any atom is -0.345 e. The van der Waals surface area contributed by atoms with Gasteiger partial charge in [0.05, 0.1) is 12.1 Å². The molecule has 0 atom stereocenters. The fourth-order valence-electron chi connectivity index (χ4n) is 1.19. The van der Waals surface area contributed by atoms with Crippen LogP contribution in [0.3, 0.4) is 0 Å². The molecular weight excluding hydrogens is 301 g/mol. The summed E-state index contributed by atoms with van der Waals surface area (Å²) in [5.41, 5.74) is -0.602. The maximum absolute atomic E-state index is 13.4. The van der Waals surface area contributed by atoms with Crippen molar-refractivity contribution in [3.8, 4) is 0 Å². The molecule has 1 amide bonds. The molecule has 0 aliphatic carbocycles. The fourth-order valence-corrected chi connectivity index (χ4v) is 1.55. The molecule has 1 rings (SSSR count). The van der Waals surface area contributed by atoms with Crippen molar-refractivity contribution in [2.75, 3.05) is 6.54 Å². The Balaban J connectivity index is 2.72. The number of carbonyl (C=O) groups excluding carboxylic acids is 2. The molecule has 1 aromatic carbocycles. The van der Waals surface area contributed by atoms with Crippen molar-refractivity contribution in [2.24, 2.45) is 5.41 Å². The van der Waals surface area contributed by atoms with Crippen LogP contribution in [0.15, 0.2) is 22.7 Å². The molecule has 0 aliphatic rings. The van der Waals surface area contributed by atoms with Crippen molar-refractivity contribution in [2.45, 2.75) is 20.8 Å². The molecule has 0 bridgehead atoms. The van der Waals surface area contributed by atoms with E-state index < -0.39 is 17.1 Å². The van der Waals surface area contributed by atoms with Gasteiger partial charge in [-0.3, -0.25) is 9.59 Å².